The number of allylic oxidation sites excluding steroid dienone is 12. The van der Waals surface area contributed by atoms with Gasteiger partial charge < -0.3 is 15.6 Å². The van der Waals surface area contributed by atoms with Crippen LogP contribution in [-0.2, 0) is 0 Å². The largest absolute Gasteiger partial charge is 0.366 e. The van der Waals surface area contributed by atoms with E-state index in [0.717, 1.165) is 41.6 Å². The Labute approximate surface area is 420 Å². The van der Waals surface area contributed by atoms with Crippen LogP contribution in [0.25, 0.3) is 89.7 Å². The molecule has 0 saturated heterocycles. The van der Waals surface area contributed by atoms with Crippen molar-refractivity contribution in [3.8, 4) is 16.8 Å². The minimum Gasteiger partial charge on any atom is -0.366 e. The van der Waals surface area contributed by atoms with Crippen LogP contribution in [0.3, 0.4) is 0 Å². The summed E-state index contributed by atoms with van der Waals surface area (Å²) in [4.78, 5) is 0. The van der Waals surface area contributed by atoms with Gasteiger partial charge in [0.15, 0.2) is 0 Å². The van der Waals surface area contributed by atoms with Gasteiger partial charge in [0.05, 0.1) is 16.7 Å². The van der Waals surface area contributed by atoms with Crippen LogP contribution in [0.2, 0.25) is 0 Å². The number of rotatable bonds is 6. The standard InChI is InChI=1S/C54H39N3S2.C7H14.C4H8/c55-54(56-52(33-13-3-1-4-14-33)34-15-5-2-6-16-34)42-26-28-45(38-18-8-7-17-37(38)42)57-46-27-23-35(36-24-30-50-43(31-36)40-20-10-11-21-48(40)58-50)32-44(46)51-47(57)29-25-41-39-19-9-12-22-49(39)59-53(41)51;1-6(2)7(3,4)5;1-3-4-2/h1-5,7-13,15,17-32,54,56H,6,14,16,55H2;1H2,2-5H3;3-4H,1-2H3/b52-33-;;4-3-. The molecule has 0 saturated carbocycles. The van der Waals surface area contributed by atoms with E-state index in [2.05, 4.69) is 220 Å². The van der Waals surface area contributed by atoms with Crippen molar-refractivity contribution in [2.24, 2.45) is 11.1 Å². The van der Waals surface area contributed by atoms with Crippen LogP contribution in [0.5, 0.6) is 0 Å². The van der Waals surface area contributed by atoms with Crippen molar-refractivity contribution in [2.75, 3.05) is 0 Å². The van der Waals surface area contributed by atoms with E-state index >= 15 is 0 Å². The third-order valence-corrected chi connectivity index (χ3v) is 16.3. The van der Waals surface area contributed by atoms with Gasteiger partial charge in [-0.2, -0.15) is 0 Å². The van der Waals surface area contributed by atoms with Crippen LogP contribution in [0.15, 0.2) is 217 Å². The van der Waals surface area contributed by atoms with Crippen molar-refractivity contribution in [3.63, 3.8) is 0 Å². The first-order valence-corrected chi connectivity index (χ1v) is 26.2. The van der Waals surface area contributed by atoms with Crippen molar-refractivity contribution in [1.29, 1.82) is 0 Å². The molecule has 10 aromatic rings. The van der Waals surface area contributed by atoms with Gasteiger partial charge >= 0.3 is 0 Å². The van der Waals surface area contributed by atoms with E-state index in [1.807, 2.05) is 48.7 Å². The molecule has 0 amide bonds. The fourth-order valence-electron chi connectivity index (χ4n) is 9.54. The van der Waals surface area contributed by atoms with Crippen LogP contribution in [0, 0.1) is 5.41 Å². The number of benzene rings is 7. The van der Waals surface area contributed by atoms with E-state index in [4.69, 9.17) is 5.73 Å². The lowest BCUT2D eigenvalue weighted by molar-refractivity contribution is 0.506. The van der Waals surface area contributed by atoms with E-state index in [9.17, 15) is 0 Å². The smallest absolute Gasteiger partial charge is 0.101 e. The summed E-state index contributed by atoms with van der Waals surface area (Å²) in [6, 6.07) is 49.6. The number of nitrogens with two attached hydrogens (primary N) is 1. The minimum atomic E-state index is -0.404. The highest BCUT2D eigenvalue weighted by atomic mass is 32.1. The Morgan fingerprint density at radius 3 is 1.96 bits per heavy atom. The van der Waals surface area contributed by atoms with Crippen LogP contribution in [0.1, 0.15) is 72.5 Å². The lowest BCUT2D eigenvalue weighted by atomic mass is 9.89. The van der Waals surface area contributed by atoms with Gasteiger partial charge in [-0.1, -0.05) is 173 Å². The highest BCUT2D eigenvalue weighted by Gasteiger charge is 2.23. The van der Waals surface area contributed by atoms with Crippen molar-refractivity contribution in [2.45, 2.75) is 67.0 Å². The zero-order valence-corrected chi connectivity index (χ0v) is 42.8. The summed E-state index contributed by atoms with van der Waals surface area (Å²) in [5, 5.41) is 14.0. The second-order valence-electron chi connectivity index (χ2n) is 19.4. The molecule has 2 aliphatic carbocycles. The van der Waals surface area contributed by atoms with Crippen molar-refractivity contribution in [1.82, 2.24) is 9.88 Å². The molecule has 348 valence electrons. The SMILES string of the molecule is C/C=C\C.C=C(C)C(C)(C)C.NC(N/C(C1=CC=CCC1)=C1/C=CC=CC1)c1ccc(-n2c3ccc(-c4ccc5sc6ccccc6c5c4)cc3c3c4sc5ccccc5c4ccc32)c2ccccc12. The molecular weight excluding hydrogens is 887 g/mol. The van der Waals surface area contributed by atoms with Gasteiger partial charge in [-0.3, -0.25) is 0 Å². The lowest BCUT2D eigenvalue weighted by Crippen LogP contribution is -2.30. The molecule has 5 heteroatoms. The molecule has 0 spiro atoms. The minimum absolute atomic E-state index is 0.306. The summed E-state index contributed by atoms with van der Waals surface area (Å²) in [5.41, 5.74) is 19.6. The summed E-state index contributed by atoms with van der Waals surface area (Å²) < 4.78 is 7.78. The van der Waals surface area contributed by atoms with Gasteiger partial charge in [0.25, 0.3) is 0 Å². The molecule has 7 aromatic carbocycles. The number of nitrogens with one attached hydrogen (secondary N) is 1. The van der Waals surface area contributed by atoms with Gasteiger partial charge in [-0.15, -0.1) is 22.7 Å². The fraction of sp³-hybridized carbons (Fsp3) is 0.169. The molecule has 0 aliphatic heterocycles. The molecule has 2 aliphatic rings. The van der Waals surface area contributed by atoms with E-state index < -0.39 is 6.17 Å². The van der Waals surface area contributed by atoms with Crippen molar-refractivity contribution < 1.29 is 0 Å². The van der Waals surface area contributed by atoms with Crippen LogP contribution in [-0.4, -0.2) is 4.57 Å². The van der Waals surface area contributed by atoms with Gasteiger partial charge in [-0.05, 0) is 127 Å². The Bertz CT molecular complexity index is 3830. The maximum absolute atomic E-state index is 7.22. The second kappa shape index (κ2) is 19.8. The average molecular weight is 948 g/mol. The number of thiophene rings is 2. The Balaban J connectivity index is 0.000000467. The molecule has 0 fully saturated rings. The van der Waals surface area contributed by atoms with Crippen LogP contribution < -0.4 is 11.1 Å². The summed E-state index contributed by atoms with van der Waals surface area (Å²) in [7, 11) is 0. The molecule has 0 radical (unpaired) electrons. The van der Waals surface area contributed by atoms with Gasteiger partial charge in [0, 0.05) is 62.2 Å². The first kappa shape index (κ1) is 46.7. The molecule has 1 unspecified atom stereocenters. The highest BCUT2D eigenvalue weighted by Crippen LogP contribution is 2.46. The predicted molar refractivity (Wildman–Crippen MR) is 311 cm³/mol. The molecule has 3 heterocycles. The number of hydrogen-bond donors (Lipinski definition) is 2. The molecule has 3 nitrogen and oxygen atoms in total. The predicted octanol–water partition coefficient (Wildman–Crippen LogP) is 19.1. The van der Waals surface area contributed by atoms with Crippen LogP contribution >= 0.6 is 22.7 Å². The van der Waals surface area contributed by atoms with E-state index in [1.165, 1.54) is 95.4 Å². The first-order chi connectivity index (χ1) is 34.0. The zero-order valence-electron chi connectivity index (χ0n) is 41.1. The number of aromatic nitrogens is 1. The van der Waals surface area contributed by atoms with E-state index in [1.54, 1.807) is 0 Å². The zero-order chi connectivity index (χ0) is 48.5. The Kier molecular flexibility index (Phi) is 13.2. The fourth-order valence-corrected chi connectivity index (χ4v) is 11.9. The summed E-state index contributed by atoms with van der Waals surface area (Å²) in [5.74, 6) is 0. The number of nitrogens with zero attached hydrogens (tertiary/aromatic N) is 1. The summed E-state index contributed by atoms with van der Waals surface area (Å²) in [6.45, 7) is 16.4. The quantitative estimate of drug-likeness (QED) is 0.129. The monoisotopic (exact) mass is 947 g/mol. The maximum Gasteiger partial charge on any atom is 0.101 e. The Hall–Kier alpha value is -7.02. The van der Waals surface area contributed by atoms with Gasteiger partial charge in [0.2, 0.25) is 0 Å². The average Bonchev–Trinajstić information content (AvgIpc) is 4.07. The molecule has 0 bridgehead atoms. The molecule has 12 rings (SSSR count). The van der Waals surface area contributed by atoms with Crippen molar-refractivity contribution >= 4 is 95.6 Å². The highest BCUT2D eigenvalue weighted by molar-refractivity contribution is 7.27. The third kappa shape index (κ3) is 8.90. The summed E-state index contributed by atoms with van der Waals surface area (Å²) in [6.07, 6.45) is 21.8. The lowest BCUT2D eigenvalue weighted by Gasteiger charge is -2.25. The van der Waals surface area contributed by atoms with Crippen molar-refractivity contribution in [3.05, 3.63) is 223 Å². The molecule has 1 atom stereocenters. The topological polar surface area (TPSA) is 43.0 Å². The third-order valence-electron chi connectivity index (χ3n) is 13.9. The second-order valence-corrected chi connectivity index (χ2v) is 21.5. The summed E-state index contributed by atoms with van der Waals surface area (Å²) >= 11 is 3.77. The maximum atomic E-state index is 7.22. The van der Waals surface area contributed by atoms with Gasteiger partial charge in [-0.25, -0.2) is 0 Å². The Morgan fingerprint density at radius 2 is 1.29 bits per heavy atom. The van der Waals surface area contributed by atoms with Crippen LogP contribution in [0.4, 0.5) is 0 Å². The molecule has 70 heavy (non-hydrogen) atoms. The van der Waals surface area contributed by atoms with E-state index in [0.29, 0.717) is 5.41 Å². The first-order valence-electron chi connectivity index (χ1n) is 24.5. The van der Waals surface area contributed by atoms with E-state index in [-0.39, 0.29) is 0 Å². The molecule has 3 aromatic heterocycles. The molecule has 3 N–H and O–H groups in total. The normalized spacial score (nSPS) is 14.9. The molecular formula is C65H61N3S2. The Morgan fingerprint density at radius 1 is 0.657 bits per heavy atom. The number of hydrogen-bond acceptors (Lipinski definition) is 4. The van der Waals surface area contributed by atoms with Gasteiger partial charge in [0.1, 0.15) is 6.17 Å². The number of fused-ring (bicyclic) bond motifs is 11.